The summed E-state index contributed by atoms with van der Waals surface area (Å²) in [7, 11) is -4.24. The molecule has 1 aliphatic heterocycles. The van der Waals surface area contributed by atoms with Crippen molar-refractivity contribution in [3.8, 4) is 5.88 Å². The lowest BCUT2D eigenvalue weighted by molar-refractivity contribution is -0.147. The van der Waals surface area contributed by atoms with Gasteiger partial charge in [0.2, 0.25) is 5.88 Å². The van der Waals surface area contributed by atoms with Crippen molar-refractivity contribution in [2.24, 2.45) is 0 Å². The molecule has 2 N–H and O–H groups in total. The molecule has 35 heavy (non-hydrogen) atoms. The Labute approximate surface area is 203 Å². The normalized spacial score (nSPS) is 21.2. The third-order valence-corrected chi connectivity index (χ3v) is 9.18. The van der Waals surface area contributed by atoms with Crippen LogP contribution in [0, 0.1) is 6.92 Å². The van der Waals surface area contributed by atoms with Crippen LogP contribution in [0.2, 0.25) is 0 Å². The highest BCUT2D eigenvalue weighted by molar-refractivity contribution is 7.87. The molecule has 1 amide bonds. The zero-order chi connectivity index (χ0) is 25.2. The van der Waals surface area contributed by atoms with E-state index in [4.69, 9.17) is 4.18 Å². The molecule has 1 saturated carbocycles. The standard InChI is InChI=1S/C22H21N3O8S2/c1-13-2-4-14(5-3-13)35(31,32)33-16-10-17(26)24-11-15(34-19(24)23-16)22(18(27)28)8-9-25(20(29)30)21(12-22)6-7-21/h2-5,10-11H,6-9,12H2,1H3,(H,27,28)(H,29,30). The van der Waals surface area contributed by atoms with Crippen LogP contribution in [0.4, 0.5) is 4.79 Å². The average Bonchev–Trinajstić information content (AvgIpc) is 3.38. The number of aliphatic carboxylic acids is 1. The molecule has 5 rings (SSSR count). The van der Waals surface area contributed by atoms with E-state index in [-0.39, 0.29) is 29.2 Å². The number of aromatic nitrogens is 2. The highest BCUT2D eigenvalue weighted by Gasteiger charge is 2.61. The minimum atomic E-state index is -4.24. The predicted octanol–water partition coefficient (Wildman–Crippen LogP) is 2.46. The molecule has 0 bridgehead atoms. The first-order chi connectivity index (χ1) is 16.5. The van der Waals surface area contributed by atoms with Crippen molar-refractivity contribution in [3.63, 3.8) is 0 Å². The fourth-order valence-electron chi connectivity index (χ4n) is 4.69. The van der Waals surface area contributed by atoms with E-state index < -0.39 is 44.6 Å². The molecule has 1 unspecified atom stereocenters. The first-order valence-electron chi connectivity index (χ1n) is 10.7. The smallest absolute Gasteiger partial charge is 0.407 e. The molecule has 3 aromatic rings. The largest absolute Gasteiger partial charge is 0.481 e. The maximum Gasteiger partial charge on any atom is 0.407 e. The molecule has 13 heteroatoms. The Morgan fingerprint density at radius 3 is 2.43 bits per heavy atom. The van der Waals surface area contributed by atoms with Gasteiger partial charge in [-0.25, -0.2) is 4.79 Å². The van der Waals surface area contributed by atoms with Gasteiger partial charge >= 0.3 is 22.2 Å². The maximum atomic E-state index is 12.7. The van der Waals surface area contributed by atoms with Crippen LogP contribution < -0.4 is 9.74 Å². The predicted molar refractivity (Wildman–Crippen MR) is 124 cm³/mol. The molecule has 1 saturated heterocycles. The molecule has 2 aromatic heterocycles. The summed E-state index contributed by atoms with van der Waals surface area (Å²) in [4.78, 5) is 42.7. The highest BCUT2D eigenvalue weighted by atomic mass is 32.2. The molecule has 184 valence electrons. The molecule has 1 spiro atoms. The maximum absolute atomic E-state index is 12.7. The summed E-state index contributed by atoms with van der Waals surface area (Å²) >= 11 is 0.951. The fourth-order valence-corrected chi connectivity index (χ4v) is 6.75. The second-order valence-corrected chi connectivity index (χ2v) is 11.6. The Hall–Kier alpha value is -3.45. The summed E-state index contributed by atoms with van der Waals surface area (Å²) in [6.45, 7) is 1.86. The zero-order valence-corrected chi connectivity index (χ0v) is 20.1. The first kappa shape index (κ1) is 23.3. The van der Waals surface area contributed by atoms with Crippen molar-refractivity contribution in [1.29, 1.82) is 0 Å². The number of rotatable bonds is 5. The third-order valence-electron chi connectivity index (χ3n) is 6.75. The fraction of sp³-hybridized carbons (Fsp3) is 0.364. The van der Waals surface area contributed by atoms with E-state index in [2.05, 4.69) is 4.98 Å². The van der Waals surface area contributed by atoms with Crippen molar-refractivity contribution in [3.05, 3.63) is 57.3 Å². The lowest BCUT2D eigenvalue weighted by Crippen LogP contribution is -2.55. The van der Waals surface area contributed by atoms with Crippen LogP contribution >= 0.6 is 11.3 Å². The Kier molecular flexibility index (Phi) is 5.18. The number of amides is 1. The number of benzene rings is 1. The average molecular weight is 520 g/mol. The summed E-state index contributed by atoms with van der Waals surface area (Å²) in [5, 5.41) is 19.7. The van der Waals surface area contributed by atoms with Gasteiger partial charge in [0.05, 0.1) is 6.07 Å². The topological polar surface area (TPSA) is 156 Å². The molecule has 2 fully saturated rings. The molecule has 0 radical (unpaired) electrons. The molecule has 1 aliphatic carbocycles. The summed E-state index contributed by atoms with van der Waals surface area (Å²) in [6.07, 6.45) is 1.61. The van der Waals surface area contributed by atoms with Gasteiger partial charge in [-0.15, -0.1) is 0 Å². The van der Waals surface area contributed by atoms with Crippen molar-refractivity contribution in [2.75, 3.05) is 6.54 Å². The van der Waals surface area contributed by atoms with E-state index in [9.17, 15) is 33.0 Å². The van der Waals surface area contributed by atoms with Gasteiger partial charge < -0.3 is 19.3 Å². The van der Waals surface area contributed by atoms with Gasteiger partial charge in [0.15, 0.2) is 4.96 Å². The molecule has 1 atom stereocenters. The summed E-state index contributed by atoms with van der Waals surface area (Å²) < 4.78 is 31.5. The van der Waals surface area contributed by atoms with Crippen LogP contribution in [0.5, 0.6) is 5.88 Å². The van der Waals surface area contributed by atoms with Gasteiger partial charge in [-0.2, -0.15) is 13.4 Å². The number of carboxylic acid groups (broad SMARTS) is 2. The molecule has 11 nitrogen and oxygen atoms in total. The highest BCUT2D eigenvalue weighted by Crippen LogP contribution is 2.55. The minimum absolute atomic E-state index is 0.0448. The van der Waals surface area contributed by atoms with Crippen molar-refractivity contribution in [1.82, 2.24) is 14.3 Å². The monoisotopic (exact) mass is 519 g/mol. The van der Waals surface area contributed by atoms with Crippen LogP contribution in [-0.4, -0.2) is 57.1 Å². The number of hydrogen-bond donors (Lipinski definition) is 2. The van der Waals surface area contributed by atoms with E-state index in [0.29, 0.717) is 17.7 Å². The number of likely N-dealkylation sites (tertiary alicyclic amines) is 1. The van der Waals surface area contributed by atoms with Gasteiger partial charge in [-0.05, 0) is 44.7 Å². The van der Waals surface area contributed by atoms with E-state index in [1.807, 2.05) is 6.92 Å². The van der Waals surface area contributed by atoms with Gasteiger partial charge in [0, 0.05) is 23.2 Å². The molecular formula is C22H21N3O8S2. The van der Waals surface area contributed by atoms with E-state index >= 15 is 0 Å². The lowest BCUT2D eigenvalue weighted by atomic mass is 9.73. The minimum Gasteiger partial charge on any atom is -0.481 e. The molecule has 3 heterocycles. The van der Waals surface area contributed by atoms with Crippen molar-refractivity contribution in [2.45, 2.75) is 48.5 Å². The Balaban J connectivity index is 1.52. The molecule has 1 aromatic carbocycles. The van der Waals surface area contributed by atoms with Gasteiger partial charge in [-0.1, -0.05) is 29.0 Å². The Bertz CT molecular complexity index is 1520. The number of thiazole rings is 1. The van der Waals surface area contributed by atoms with Gasteiger partial charge in [0.1, 0.15) is 10.3 Å². The van der Waals surface area contributed by atoms with E-state index in [1.54, 1.807) is 12.1 Å². The van der Waals surface area contributed by atoms with Gasteiger partial charge in [0.25, 0.3) is 5.56 Å². The second kappa shape index (κ2) is 7.78. The van der Waals surface area contributed by atoms with Crippen LogP contribution in [0.1, 0.15) is 36.1 Å². The van der Waals surface area contributed by atoms with E-state index in [1.165, 1.54) is 23.2 Å². The van der Waals surface area contributed by atoms with Crippen molar-refractivity contribution < 1.29 is 32.4 Å². The number of piperidine rings is 1. The summed E-state index contributed by atoms with van der Waals surface area (Å²) in [6, 6.07) is 6.92. The van der Waals surface area contributed by atoms with Crippen molar-refractivity contribution >= 4 is 38.5 Å². The van der Waals surface area contributed by atoms with Crippen LogP contribution in [0.15, 0.2) is 46.2 Å². The zero-order valence-electron chi connectivity index (χ0n) is 18.5. The Morgan fingerprint density at radius 1 is 1.14 bits per heavy atom. The van der Waals surface area contributed by atoms with Gasteiger partial charge in [-0.3, -0.25) is 14.0 Å². The molecular weight excluding hydrogens is 498 g/mol. The lowest BCUT2D eigenvalue weighted by Gasteiger charge is -2.43. The summed E-state index contributed by atoms with van der Waals surface area (Å²) in [5.41, 5.74) is -1.88. The summed E-state index contributed by atoms with van der Waals surface area (Å²) in [5.74, 6) is -1.53. The Morgan fingerprint density at radius 2 is 1.83 bits per heavy atom. The second-order valence-electron chi connectivity index (χ2n) is 9.00. The first-order valence-corrected chi connectivity index (χ1v) is 13.0. The quantitative estimate of drug-likeness (QED) is 0.484. The number of carboxylic acids is 1. The van der Waals surface area contributed by atoms with E-state index in [0.717, 1.165) is 27.4 Å². The number of hydrogen-bond acceptors (Lipinski definition) is 8. The number of fused-ring (bicyclic) bond motifs is 1. The number of carbonyl (C=O) groups is 2. The van der Waals surface area contributed by atoms with Crippen LogP contribution in [0.25, 0.3) is 4.96 Å². The number of nitrogens with zero attached hydrogens (tertiary/aromatic N) is 3. The van der Waals surface area contributed by atoms with Crippen LogP contribution in [0.3, 0.4) is 0 Å². The number of aryl methyl sites for hydroxylation is 1. The third kappa shape index (κ3) is 3.84. The van der Waals surface area contributed by atoms with Crippen LogP contribution in [-0.2, 0) is 20.3 Å². The molecule has 2 aliphatic rings. The SMILES string of the molecule is Cc1ccc(S(=O)(=O)Oc2cc(=O)n3cc(C4(C(=O)O)CCN(C(=O)O)C5(CC5)C4)sc3n2)cc1.